The zero-order valence-electron chi connectivity index (χ0n) is 11.6. The van der Waals surface area contributed by atoms with E-state index in [0.29, 0.717) is 6.54 Å². The maximum absolute atomic E-state index is 5.71. The zero-order chi connectivity index (χ0) is 13.7. The molecule has 19 heavy (non-hydrogen) atoms. The van der Waals surface area contributed by atoms with Crippen molar-refractivity contribution in [1.29, 1.82) is 0 Å². The predicted octanol–water partition coefficient (Wildman–Crippen LogP) is 2.25. The van der Waals surface area contributed by atoms with Crippen molar-refractivity contribution >= 4 is 0 Å². The van der Waals surface area contributed by atoms with E-state index in [1.54, 1.807) is 0 Å². The summed E-state index contributed by atoms with van der Waals surface area (Å²) in [6.07, 6.45) is 0. The topological polar surface area (TPSA) is 55.3 Å². The number of hydrogen-bond acceptors (Lipinski definition) is 4. The maximum Gasteiger partial charge on any atom is 0.138 e. The quantitative estimate of drug-likeness (QED) is 0.864. The summed E-state index contributed by atoms with van der Waals surface area (Å²) in [6, 6.07) is 10.4. The molecule has 4 heteroatoms. The van der Waals surface area contributed by atoms with Crippen LogP contribution in [-0.2, 0) is 13.1 Å². The van der Waals surface area contributed by atoms with Crippen molar-refractivity contribution in [2.24, 2.45) is 5.73 Å². The van der Waals surface area contributed by atoms with E-state index >= 15 is 0 Å². The molecule has 0 aliphatic rings. The molecule has 2 rings (SSSR count). The second-order valence-electron chi connectivity index (χ2n) is 4.79. The molecule has 0 saturated carbocycles. The molecule has 102 valence electrons. The van der Waals surface area contributed by atoms with E-state index in [-0.39, 0.29) is 0 Å². The third-order valence-electron chi connectivity index (χ3n) is 3.26. The van der Waals surface area contributed by atoms with E-state index in [4.69, 9.17) is 10.3 Å². The van der Waals surface area contributed by atoms with Gasteiger partial charge in [-0.2, -0.15) is 0 Å². The molecule has 0 spiro atoms. The molecular formula is C15H21N3O. The van der Waals surface area contributed by atoms with E-state index in [1.807, 2.05) is 19.9 Å². The van der Waals surface area contributed by atoms with Gasteiger partial charge in [-0.3, -0.25) is 4.90 Å². The van der Waals surface area contributed by atoms with Crippen LogP contribution in [0.1, 0.15) is 22.6 Å². The lowest BCUT2D eigenvalue weighted by Gasteiger charge is -2.21. The van der Waals surface area contributed by atoms with Crippen LogP contribution in [0.25, 0.3) is 0 Å². The third kappa shape index (κ3) is 3.66. The van der Waals surface area contributed by atoms with E-state index in [1.165, 1.54) is 11.1 Å². The van der Waals surface area contributed by atoms with Gasteiger partial charge in [0.2, 0.25) is 0 Å². The molecule has 0 aliphatic heterocycles. The largest absolute Gasteiger partial charge is 0.361 e. The highest BCUT2D eigenvalue weighted by Gasteiger charge is 2.13. The molecule has 2 aromatic rings. The van der Waals surface area contributed by atoms with Crippen molar-refractivity contribution < 1.29 is 4.52 Å². The minimum Gasteiger partial charge on any atom is -0.361 e. The summed E-state index contributed by atoms with van der Waals surface area (Å²) in [5.41, 5.74) is 9.14. The number of nitrogens with zero attached hydrogens (tertiary/aromatic N) is 2. The average molecular weight is 259 g/mol. The Balaban J connectivity index is 2.08. The van der Waals surface area contributed by atoms with Crippen LogP contribution in [0.2, 0.25) is 0 Å². The number of hydrogen-bond donors (Lipinski definition) is 1. The number of benzene rings is 1. The molecule has 0 aliphatic carbocycles. The number of aromatic nitrogens is 1. The molecule has 1 aromatic carbocycles. The normalized spacial score (nSPS) is 11.2. The minimum atomic E-state index is 0.649. The summed E-state index contributed by atoms with van der Waals surface area (Å²) >= 11 is 0. The SMILES string of the molecule is Cc1noc(C)c1CN(CCN)Cc1ccccc1. The van der Waals surface area contributed by atoms with Gasteiger partial charge in [-0.1, -0.05) is 35.5 Å². The first-order valence-corrected chi connectivity index (χ1v) is 6.59. The lowest BCUT2D eigenvalue weighted by atomic mass is 10.1. The Kier molecular flexibility index (Phi) is 4.71. The van der Waals surface area contributed by atoms with Crippen molar-refractivity contribution in [2.75, 3.05) is 13.1 Å². The van der Waals surface area contributed by atoms with Gasteiger partial charge in [-0.05, 0) is 19.4 Å². The van der Waals surface area contributed by atoms with Crippen LogP contribution >= 0.6 is 0 Å². The van der Waals surface area contributed by atoms with Crippen LogP contribution in [-0.4, -0.2) is 23.1 Å². The first-order chi connectivity index (χ1) is 9.20. The Labute approximate surface area is 114 Å². The summed E-state index contributed by atoms with van der Waals surface area (Å²) in [6.45, 7) is 7.16. The van der Waals surface area contributed by atoms with Gasteiger partial charge in [0, 0.05) is 31.7 Å². The highest BCUT2D eigenvalue weighted by atomic mass is 16.5. The fourth-order valence-corrected chi connectivity index (χ4v) is 2.19. The van der Waals surface area contributed by atoms with Gasteiger partial charge in [0.05, 0.1) is 5.69 Å². The highest BCUT2D eigenvalue weighted by Crippen LogP contribution is 2.16. The molecule has 0 amide bonds. The fraction of sp³-hybridized carbons (Fsp3) is 0.400. The van der Waals surface area contributed by atoms with Crippen molar-refractivity contribution in [3.05, 3.63) is 52.9 Å². The average Bonchev–Trinajstić information content (AvgIpc) is 2.72. The van der Waals surface area contributed by atoms with Crippen LogP contribution in [0.5, 0.6) is 0 Å². The second-order valence-corrected chi connectivity index (χ2v) is 4.79. The smallest absolute Gasteiger partial charge is 0.138 e. The molecule has 0 unspecified atom stereocenters. The van der Waals surface area contributed by atoms with Gasteiger partial charge in [0.15, 0.2) is 0 Å². The molecule has 0 atom stereocenters. The zero-order valence-corrected chi connectivity index (χ0v) is 11.6. The van der Waals surface area contributed by atoms with Gasteiger partial charge in [-0.25, -0.2) is 0 Å². The van der Waals surface area contributed by atoms with Crippen LogP contribution < -0.4 is 5.73 Å². The van der Waals surface area contributed by atoms with Crippen LogP contribution in [0, 0.1) is 13.8 Å². The Morgan fingerprint density at radius 1 is 1.16 bits per heavy atom. The lowest BCUT2D eigenvalue weighted by molar-refractivity contribution is 0.262. The summed E-state index contributed by atoms with van der Waals surface area (Å²) < 4.78 is 5.22. The Morgan fingerprint density at radius 2 is 1.89 bits per heavy atom. The molecule has 4 nitrogen and oxygen atoms in total. The third-order valence-corrected chi connectivity index (χ3v) is 3.26. The Morgan fingerprint density at radius 3 is 2.47 bits per heavy atom. The predicted molar refractivity (Wildman–Crippen MR) is 75.6 cm³/mol. The standard InChI is InChI=1S/C15H21N3O/c1-12-15(13(2)19-17-12)11-18(9-8-16)10-14-6-4-3-5-7-14/h3-7H,8-11,16H2,1-2H3. The number of nitrogens with two attached hydrogens (primary N) is 1. The van der Waals surface area contributed by atoms with Crippen LogP contribution in [0.15, 0.2) is 34.9 Å². The van der Waals surface area contributed by atoms with Gasteiger partial charge in [0.25, 0.3) is 0 Å². The highest BCUT2D eigenvalue weighted by molar-refractivity contribution is 5.21. The Bertz CT molecular complexity index is 488. The van der Waals surface area contributed by atoms with Gasteiger partial charge in [-0.15, -0.1) is 0 Å². The van der Waals surface area contributed by atoms with Crippen molar-refractivity contribution in [3.8, 4) is 0 Å². The summed E-state index contributed by atoms with van der Waals surface area (Å²) in [7, 11) is 0. The summed E-state index contributed by atoms with van der Waals surface area (Å²) in [4.78, 5) is 2.32. The lowest BCUT2D eigenvalue weighted by Crippen LogP contribution is -2.29. The minimum absolute atomic E-state index is 0.649. The molecule has 0 saturated heterocycles. The van der Waals surface area contributed by atoms with E-state index < -0.39 is 0 Å². The Hall–Kier alpha value is -1.65. The first kappa shape index (κ1) is 13.8. The number of aryl methyl sites for hydroxylation is 2. The molecule has 0 radical (unpaired) electrons. The molecule has 0 bridgehead atoms. The first-order valence-electron chi connectivity index (χ1n) is 6.59. The summed E-state index contributed by atoms with van der Waals surface area (Å²) in [5, 5.41) is 4.00. The molecular weight excluding hydrogens is 238 g/mol. The van der Waals surface area contributed by atoms with Gasteiger partial charge < -0.3 is 10.3 Å². The second kappa shape index (κ2) is 6.50. The molecule has 1 aromatic heterocycles. The van der Waals surface area contributed by atoms with Crippen molar-refractivity contribution in [3.63, 3.8) is 0 Å². The fourth-order valence-electron chi connectivity index (χ4n) is 2.19. The molecule has 0 fully saturated rings. The van der Waals surface area contributed by atoms with Gasteiger partial charge >= 0.3 is 0 Å². The molecule has 1 heterocycles. The van der Waals surface area contributed by atoms with Crippen molar-refractivity contribution in [2.45, 2.75) is 26.9 Å². The maximum atomic E-state index is 5.71. The summed E-state index contributed by atoms with van der Waals surface area (Å²) in [5.74, 6) is 0.896. The monoisotopic (exact) mass is 259 g/mol. The van der Waals surface area contributed by atoms with Crippen LogP contribution in [0.4, 0.5) is 0 Å². The van der Waals surface area contributed by atoms with E-state index in [0.717, 1.165) is 31.1 Å². The van der Waals surface area contributed by atoms with Crippen LogP contribution in [0.3, 0.4) is 0 Å². The molecule has 2 N–H and O–H groups in total. The number of rotatable bonds is 6. The van der Waals surface area contributed by atoms with E-state index in [2.05, 4.69) is 34.3 Å². The van der Waals surface area contributed by atoms with Gasteiger partial charge in [0.1, 0.15) is 5.76 Å². The van der Waals surface area contributed by atoms with E-state index in [9.17, 15) is 0 Å². The van der Waals surface area contributed by atoms with Crippen molar-refractivity contribution in [1.82, 2.24) is 10.1 Å².